The molecule has 0 saturated heterocycles. The molecule has 1 atom stereocenters. The molecule has 0 bridgehead atoms. The molecule has 0 radical (unpaired) electrons. The minimum absolute atomic E-state index is 0.621. The molecule has 0 amide bonds. The van der Waals surface area contributed by atoms with Gasteiger partial charge in [0.1, 0.15) is 0 Å². The number of hydrogen-bond donors (Lipinski definition) is 1. The number of hydrogen-bond acceptors (Lipinski definition) is 1. The maximum atomic E-state index is 3.74. The zero-order valence-electron chi connectivity index (χ0n) is 11.2. The molecule has 17 heavy (non-hydrogen) atoms. The van der Waals surface area contributed by atoms with Gasteiger partial charge in [0.2, 0.25) is 0 Å². The third-order valence-corrected chi connectivity index (χ3v) is 4.10. The van der Waals surface area contributed by atoms with E-state index in [9.17, 15) is 0 Å². The van der Waals surface area contributed by atoms with Gasteiger partial charge in [0.25, 0.3) is 0 Å². The van der Waals surface area contributed by atoms with Crippen molar-refractivity contribution in [1.29, 1.82) is 0 Å². The Morgan fingerprint density at radius 1 is 1.12 bits per heavy atom. The van der Waals surface area contributed by atoms with Crippen LogP contribution in [0, 0.1) is 5.92 Å². The Kier molecular flexibility index (Phi) is 4.61. The van der Waals surface area contributed by atoms with Crippen LogP contribution < -0.4 is 5.32 Å². The predicted octanol–water partition coefficient (Wildman–Crippen LogP) is 3.96. The molecular formula is C16H25N. The van der Waals surface area contributed by atoms with Crippen molar-refractivity contribution in [3.8, 4) is 0 Å². The lowest BCUT2D eigenvalue weighted by Gasteiger charge is -2.28. The predicted molar refractivity (Wildman–Crippen MR) is 74.3 cm³/mol. The Bertz CT molecular complexity index is 312. The average molecular weight is 231 g/mol. The fourth-order valence-corrected chi connectivity index (χ4v) is 2.71. The molecule has 1 saturated carbocycles. The number of benzene rings is 1. The molecule has 1 aromatic rings. The van der Waals surface area contributed by atoms with Crippen molar-refractivity contribution in [3.63, 3.8) is 0 Å². The van der Waals surface area contributed by atoms with Crippen LogP contribution in [0.25, 0.3) is 0 Å². The Morgan fingerprint density at radius 3 is 2.41 bits per heavy atom. The van der Waals surface area contributed by atoms with Crippen molar-refractivity contribution in [1.82, 2.24) is 5.32 Å². The summed E-state index contributed by atoms with van der Waals surface area (Å²) in [6.45, 7) is 5.81. The highest BCUT2D eigenvalue weighted by Crippen LogP contribution is 2.24. The lowest BCUT2D eigenvalue weighted by Crippen LogP contribution is -2.35. The van der Waals surface area contributed by atoms with Crippen LogP contribution in [0.2, 0.25) is 0 Å². The molecule has 0 spiro atoms. The van der Waals surface area contributed by atoms with Gasteiger partial charge in [-0.3, -0.25) is 0 Å². The minimum atomic E-state index is 0.621. The van der Waals surface area contributed by atoms with Crippen molar-refractivity contribution < 1.29 is 0 Å². The molecule has 0 aliphatic heterocycles. The van der Waals surface area contributed by atoms with Crippen LogP contribution in [0.15, 0.2) is 30.3 Å². The summed E-state index contributed by atoms with van der Waals surface area (Å²) in [7, 11) is 0. The maximum absolute atomic E-state index is 3.74. The highest BCUT2D eigenvalue weighted by Gasteiger charge is 2.18. The van der Waals surface area contributed by atoms with Crippen LogP contribution in [-0.4, -0.2) is 12.6 Å². The van der Waals surface area contributed by atoms with Crippen molar-refractivity contribution in [2.24, 2.45) is 5.92 Å². The number of nitrogens with one attached hydrogen (secondary N) is 1. The van der Waals surface area contributed by atoms with Gasteiger partial charge in [0.15, 0.2) is 0 Å². The Morgan fingerprint density at radius 2 is 1.76 bits per heavy atom. The lowest BCUT2D eigenvalue weighted by molar-refractivity contribution is 0.305. The van der Waals surface area contributed by atoms with Crippen molar-refractivity contribution >= 4 is 0 Å². The average Bonchev–Trinajstić information content (AvgIpc) is 2.39. The van der Waals surface area contributed by atoms with Crippen LogP contribution in [0.1, 0.15) is 51.0 Å². The number of rotatable bonds is 4. The minimum Gasteiger partial charge on any atom is -0.313 e. The molecule has 1 heteroatoms. The van der Waals surface area contributed by atoms with Gasteiger partial charge in [-0.2, -0.15) is 0 Å². The lowest BCUT2D eigenvalue weighted by atomic mass is 9.87. The molecule has 0 aromatic heterocycles. The van der Waals surface area contributed by atoms with Gasteiger partial charge in [0, 0.05) is 12.6 Å². The highest BCUT2D eigenvalue weighted by molar-refractivity contribution is 5.18. The van der Waals surface area contributed by atoms with E-state index in [0.29, 0.717) is 5.92 Å². The maximum Gasteiger partial charge on any atom is 0.00675 e. The summed E-state index contributed by atoms with van der Waals surface area (Å²) in [6.07, 6.45) is 5.53. The largest absolute Gasteiger partial charge is 0.313 e. The van der Waals surface area contributed by atoms with Crippen LogP contribution in [0.3, 0.4) is 0 Å². The van der Waals surface area contributed by atoms with E-state index >= 15 is 0 Å². The molecule has 1 N–H and O–H groups in total. The third kappa shape index (κ3) is 3.85. The van der Waals surface area contributed by atoms with Crippen LogP contribution in [0.5, 0.6) is 0 Å². The summed E-state index contributed by atoms with van der Waals surface area (Å²) < 4.78 is 0. The highest BCUT2D eigenvalue weighted by atomic mass is 14.9. The van der Waals surface area contributed by atoms with E-state index in [4.69, 9.17) is 0 Å². The molecule has 1 aliphatic carbocycles. The second kappa shape index (κ2) is 6.20. The van der Waals surface area contributed by atoms with Crippen molar-refractivity contribution in [3.05, 3.63) is 35.9 Å². The molecular weight excluding hydrogens is 206 g/mol. The van der Waals surface area contributed by atoms with Crippen molar-refractivity contribution in [2.75, 3.05) is 6.54 Å². The second-order valence-electron chi connectivity index (χ2n) is 5.68. The summed E-state index contributed by atoms with van der Waals surface area (Å²) in [5, 5.41) is 3.74. The van der Waals surface area contributed by atoms with Gasteiger partial charge >= 0.3 is 0 Å². The summed E-state index contributed by atoms with van der Waals surface area (Å²) >= 11 is 0. The molecule has 2 rings (SSSR count). The molecule has 1 aromatic carbocycles. The monoisotopic (exact) mass is 231 g/mol. The molecule has 1 unspecified atom stereocenters. The third-order valence-electron chi connectivity index (χ3n) is 4.10. The second-order valence-corrected chi connectivity index (χ2v) is 5.68. The topological polar surface area (TPSA) is 12.0 Å². The Labute approximate surface area is 106 Å². The van der Waals surface area contributed by atoms with Gasteiger partial charge in [-0.05, 0) is 43.1 Å². The zero-order chi connectivity index (χ0) is 12.1. The fourth-order valence-electron chi connectivity index (χ4n) is 2.71. The van der Waals surface area contributed by atoms with E-state index in [-0.39, 0.29) is 0 Å². The van der Waals surface area contributed by atoms with E-state index in [0.717, 1.165) is 18.5 Å². The smallest absolute Gasteiger partial charge is 0.00675 e. The van der Waals surface area contributed by atoms with Crippen LogP contribution in [-0.2, 0) is 0 Å². The van der Waals surface area contributed by atoms with Gasteiger partial charge in [0.05, 0.1) is 0 Å². The fraction of sp³-hybridized carbons (Fsp3) is 0.625. The molecule has 94 valence electrons. The molecule has 0 heterocycles. The van der Waals surface area contributed by atoms with Crippen LogP contribution >= 0.6 is 0 Å². The first-order chi connectivity index (χ1) is 8.25. The normalized spacial score (nSPS) is 26.7. The quantitative estimate of drug-likeness (QED) is 0.827. The first kappa shape index (κ1) is 12.6. The molecule has 1 aliphatic rings. The van der Waals surface area contributed by atoms with E-state index < -0.39 is 0 Å². The summed E-state index contributed by atoms with van der Waals surface area (Å²) in [5.41, 5.74) is 1.45. The van der Waals surface area contributed by atoms with Gasteiger partial charge in [-0.15, -0.1) is 0 Å². The zero-order valence-corrected chi connectivity index (χ0v) is 11.2. The summed E-state index contributed by atoms with van der Waals surface area (Å²) in [4.78, 5) is 0. The van der Waals surface area contributed by atoms with Gasteiger partial charge in [-0.1, -0.05) is 44.2 Å². The van der Waals surface area contributed by atoms with E-state index in [2.05, 4.69) is 49.5 Å². The van der Waals surface area contributed by atoms with Gasteiger partial charge in [-0.25, -0.2) is 0 Å². The summed E-state index contributed by atoms with van der Waals surface area (Å²) in [6, 6.07) is 11.6. The Balaban J connectivity index is 1.75. The van der Waals surface area contributed by atoms with Crippen molar-refractivity contribution in [2.45, 2.75) is 51.5 Å². The van der Waals surface area contributed by atoms with E-state index in [1.54, 1.807) is 0 Å². The molecule has 1 nitrogen and oxygen atoms in total. The van der Waals surface area contributed by atoms with Gasteiger partial charge < -0.3 is 5.32 Å². The first-order valence-electron chi connectivity index (χ1n) is 7.04. The Hall–Kier alpha value is -0.820. The first-order valence-corrected chi connectivity index (χ1v) is 7.04. The summed E-state index contributed by atoms with van der Waals surface area (Å²) in [5.74, 6) is 1.56. The molecule has 1 fully saturated rings. The van der Waals surface area contributed by atoms with Crippen LogP contribution in [0.4, 0.5) is 0 Å². The van der Waals surface area contributed by atoms with E-state index in [1.807, 2.05) is 0 Å². The SMILES string of the molecule is CC1CCC(NCC(C)c2ccccc2)CC1. The standard InChI is InChI=1S/C16H25N/c1-13-8-10-16(11-9-13)17-12-14(2)15-6-4-3-5-7-15/h3-7,13-14,16-17H,8-12H2,1-2H3. The van der Waals surface area contributed by atoms with E-state index in [1.165, 1.54) is 31.2 Å².